The van der Waals surface area contributed by atoms with Crippen LogP contribution in [0, 0.1) is 22.2 Å². The average Bonchev–Trinajstić information content (AvgIpc) is 3.05. The van der Waals surface area contributed by atoms with Gasteiger partial charge >= 0.3 is 0 Å². The monoisotopic (exact) mass is 336 g/mol. The molecule has 132 valence electrons. The molecule has 5 aliphatic rings. The summed E-state index contributed by atoms with van der Waals surface area (Å²) in [5, 5.41) is 0. The van der Waals surface area contributed by atoms with E-state index >= 15 is 0 Å². The first-order valence-corrected chi connectivity index (χ1v) is 9.86. The number of hydrogen-bond acceptors (Lipinski definition) is 2. The summed E-state index contributed by atoms with van der Waals surface area (Å²) in [4.78, 5) is 13.0. The van der Waals surface area contributed by atoms with Gasteiger partial charge in [0, 0.05) is 12.8 Å². The molecule has 0 aromatic heterocycles. The van der Waals surface area contributed by atoms with Crippen LogP contribution in [-0.4, -0.2) is 12.9 Å². The summed E-state index contributed by atoms with van der Waals surface area (Å²) in [5.41, 5.74) is 4.50. The second kappa shape index (κ2) is 4.78. The zero-order chi connectivity index (χ0) is 17.4. The van der Waals surface area contributed by atoms with Crippen LogP contribution in [-0.2, 0) is 9.53 Å². The van der Waals surface area contributed by atoms with Crippen LogP contribution in [0.4, 0.5) is 0 Å². The van der Waals surface area contributed by atoms with Crippen LogP contribution in [0.2, 0.25) is 0 Å². The third-order valence-electron chi connectivity index (χ3n) is 8.46. The highest BCUT2D eigenvalue weighted by molar-refractivity contribution is 5.94. The first kappa shape index (κ1) is 15.7. The quantitative estimate of drug-likeness (QED) is 0.651. The molecule has 2 fully saturated rings. The van der Waals surface area contributed by atoms with Gasteiger partial charge in [0.15, 0.2) is 0 Å². The van der Waals surface area contributed by atoms with Gasteiger partial charge in [-0.05, 0) is 71.6 Å². The molecule has 2 saturated carbocycles. The summed E-state index contributed by atoms with van der Waals surface area (Å²) in [6.07, 6.45) is 16.6. The molecule has 4 atom stereocenters. The number of carbonyl (C=O) groups excluding carboxylic acids is 1. The van der Waals surface area contributed by atoms with E-state index in [1.165, 1.54) is 16.7 Å². The first-order valence-electron chi connectivity index (χ1n) is 9.86. The molecule has 1 unspecified atom stereocenters. The van der Waals surface area contributed by atoms with E-state index in [1.807, 2.05) is 0 Å². The van der Waals surface area contributed by atoms with E-state index in [1.54, 1.807) is 7.11 Å². The van der Waals surface area contributed by atoms with Crippen LogP contribution in [0.3, 0.4) is 0 Å². The van der Waals surface area contributed by atoms with Gasteiger partial charge in [0.05, 0.1) is 18.3 Å². The maximum Gasteiger partial charge on any atom is 0.143 e. The van der Waals surface area contributed by atoms with Crippen molar-refractivity contribution in [3.63, 3.8) is 0 Å². The van der Waals surface area contributed by atoms with Gasteiger partial charge < -0.3 is 4.74 Å². The number of fused-ring (bicyclic) bond motifs is 4. The van der Waals surface area contributed by atoms with Crippen molar-refractivity contribution in [2.75, 3.05) is 7.11 Å². The summed E-state index contributed by atoms with van der Waals surface area (Å²) in [6, 6.07) is 0. The van der Waals surface area contributed by atoms with E-state index in [-0.39, 0.29) is 16.2 Å². The maximum atomic E-state index is 13.0. The predicted molar refractivity (Wildman–Crippen MR) is 98.8 cm³/mol. The minimum Gasteiger partial charge on any atom is -0.501 e. The lowest BCUT2D eigenvalue weighted by Crippen LogP contribution is -2.46. The third-order valence-corrected chi connectivity index (χ3v) is 8.46. The molecule has 0 bridgehead atoms. The van der Waals surface area contributed by atoms with E-state index in [2.05, 4.69) is 38.2 Å². The van der Waals surface area contributed by atoms with Crippen LogP contribution < -0.4 is 0 Å². The number of methoxy groups -OCH3 is 1. The molecule has 5 rings (SSSR count). The zero-order valence-corrected chi connectivity index (χ0v) is 15.7. The van der Waals surface area contributed by atoms with Crippen molar-refractivity contribution in [2.45, 2.75) is 58.8 Å². The van der Waals surface area contributed by atoms with Crippen molar-refractivity contribution in [3.05, 3.63) is 46.8 Å². The lowest BCUT2D eigenvalue weighted by atomic mass is 9.50. The normalized spacial score (nSPS) is 44.6. The van der Waals surface area contributed by atoms with Crippen LogP contribution >= 0.6 is 0 Å². The highest BCUT2D eigenvalue weighted by Gasteiger charge is 2.65. The number of hydrogen-bond donors (Lipinski definition) is 0. The van der Waals surface area contributed by atoms with Gasteiger partial charge in [-0.2, -0.15) is 0 Å². The first-order chi connectivity index (χ1) is 11.9. The molecule has 0 N–H and O–H groups in total. The fourth-order valence-electron chi connectivity index (χ4n) is 6.81. The van der Waals surface area contributed by atoms with E-state index < -0.39 is 0 Å². The molecule has 0 saturated heterocycles. The molecule has 2 nitrogen and oxygen atoms in total. The van der Waals surface area contributed by atoms with Crippen LogP contribution in [0.25, 0.3) is 0 Å². The molecule has 25 heavy (non-hydrogen) atoms. The molecule has 1 spiro atoms. The minimum atomic E-state index is -0.167. The number of carbonyl (C=O) groups is 1. The molecule has 0 aromatic carbocycles. The molecule has 0 amide bonds. The predicted octanol–water partition coefficient (Wildman–Crippen LogP) is 5.28. The Kier molecular flexibility index (Phi) is 2.99. The molecule has 0 aliphatic heterocycles. The maximum absolute atomic E-state index is 13.0. The lowest BCUT2D eigenvalue weighted by molar-refractivity contribution is -0.127. The molecule has 0 heterocycles. The van der Waals surface area contributed by atoms with Crippen molar-refractivity contribution in [1.29, 1.82) is 0 Å². The second-order valence-electron chi connectivity index (χ2n) is 9.28. The summed E-state index contributed by atoms with van der Waals surface area (Å²) >= 11 is 0. The number of ketones is 1. The fraction of sp³-hybridized carbons (Fsp3) is 0.609. The SMILES string of the molecule is COC1=CC2=CC=C3C4=CC[C@@]5(C)CCC(=O)[C@@]45CCC3[C@@]2(C)CC1. The Labute approximate surface area is 150 Å². The summed E-state index contributed by atoms with van der Waals surface area (Å²) < 4.78 is 5.52. The summed E-state index contributed by atoms with van der Waals surface area (Å²) in [5.74, 6) is 2.17. The van der Waals surface area contributed by atoms with Crippen LogP contribution in [0.15, 0.2) is 46.8 Å². The van der Waals surface area contributed by atoms with E-state index in [0.717, 1.165) is 50.7 Å². The number of ether oxygens (including phenoxy) is 1. The largest absolute Gasteiger partial charge is 0.501 e. The standard InChI is InChI=1S/C23H28O2/c1-21-10-7-19-17-5-4-15-14-16(25-3)6-12-22(15,2)18(17)8-13-23(19,21)20(24)9-11-21/h4-5,7,14,18H,6,8-13H2,1-3H3/t18?,21-,22-,23+/m0/s1. The van der Waals surface area contributed by atoms with Gasteiger partial charge in [-0.15, -0.1) is 0 Å². The van der Waals surface area contributed by atoms with Gasteiger partial charge in [0.1, 0.15) is 5.78 Å². The van der Waals surface area contributed by atoms with Crippen LogP contribution in [0.1, 0.15) is 58.8 Å². The fourth-order valence-corrected chi connectivity index (χ4v) is 6.81. The molecule has 0 radical (unpaired) electrons. The summed E-state index contributed by atoms with van der Waals surface area (Å²) in [7, 11) is 1.78. The Morgan fingerprint density at radius 2 is 1.96 bits per heavy atom. The molecular weight excluding hydrogens is 308 g/mol. The third kappa shape index (κ3) is 1.69. The highest BCUT2D eigenvalue weighted by Crippen LogP contribution is 2.70. The van der Waals surface area contributed by atoms with Crippen molar-refractivity contribution in [3.8, 4) is 0 Å². The number of rotatable bonds is 1. The Balaban J connectivity index is 1.63. The smallest absolute Gasteiger partial charge is 0.143 e. The molecule has 0 aromatic rings. The minimum absolute atomic E-state index is 0.167. The van der Waals surface area contributed by atoms with E-state index in [4.69, 9.17) is 4.74 Å². The zero-order valence-electron chi connectivity index (χ0n) is 15.7. The van der Waals surface area contributed by atoms with Crippen molar-refractivity contribution in [1.82, 2.24) is 0 Å². The van der Waals surface area contributed by atoms with Gasteiger partial charge in [-0.3, -0.25) is 4.79 Å². The number of Topliss-reactive ketones (excluding diaryl/α,β-unsaturated/α-hetero) is 1. The Bertz CT molecular complexity index is 795. The van der Waals surface area contributed by atoms with Crippen LogP contribution in [0.5, 0.6) is 0 Å². The number of allylic oxidation sites excluding steroid dienone is 8. The van der Waals surface area contributed by atoms with E-state index in [0.29, 0.717) is 11.7 Å². The second-order valence-corrected chi connectivity index (χ2v) is 9.28. The Hall–Kier alpha value is -1.57. The van der Waals surface area contributed by atoms with Gasteiger partial charge in [0.25, 0.3) is 0 Å². The summed E-state index contributed by atoms with van der Waals surface area (Å²) in [6.45, 7) is 4.80. The molecule has 5 aliphatic carbocycles. The Morgan fingerprint density at radius 3 is 2.76 bits per heavy atom. The highest BCUT2D eigenvalue weighted by atomic mass is 16.5. The van der Waals surface area contributed by atoms with E-state index in [9.17, 15) is 4.79 Å². The Morgan fingerprint density at radius 1 is 1.12 bits per heavy atom. The van der Waals surface area contributed by atoms with Gasteiger partial charge in [0.2, 0.25) is 0 Å². The average molecular weight is 336 g/mol. The van der Waals surface area contributed by atoms with Gasteiger partial charge in [-0.25, -0.2) is 0 Å². The van der Waals surface area contributed by atoms with Crippen molar-refractivity contribution in [2.24, 2.45) is 22.2 Å². The lowest BCUT2D eigenvalue weighted by Gasteiger charge is -2.52. The van der Waals surface area contributed by atoms with Crippen molar-refractivity contribution >= 4 is 5.78 Å². The van der Waals surface area contributed by atoms with Gasteiger partial charge in [-0.1, -0.05) is 32.1 Å². The topological polar surface area (TPSA) is 26.3 Å². The molecular formula is C23H28O2. The molecule has 2 heteroatoms. The van der Waals surface area contributed by atoms with Crippen molar-refractivity contribution < 1.29 is 9.53 Å².